The van der Waals surface area contributed by atoms with Crippen molar-refractivity contribution in [2.45, 2.75) is 32.4 Å². The molecule has 7 nitrogen and oxygen atoms in total. The Balaban J connectivity index is 2.15. The number of ether oxygens (including phenoxy) is 1. The van der Waals surface area contributed by atoms with Gasteiger partial charge >= 0.3 is 12.1 Å². The zero-order chi connectivity index (χ0) is 22.4. The molecule has 0 spiro atoms. The van der Waals surface area contributed by atoms with E-state index in [1.807, 2.05) is 0 Å². The lowest BCUT2D eigenvalue weighted by molar-refractivity contribution is -0.385. The van der Waals surface area contributed by atoms with Gasteiger partial charge < -0.3 is 4.74 Å². The van der Waals surface area contributed by atoms with E-state index in [9.17, 15) is 28.1 Å². The second-order valence-corrected chi connectivity index (χ2v) is 7.37. The van der Waals surface area contributed by atoms with E-state index in [0.29, 0.717) is 22.9 Å². The van der Waals surface area contributed by atoms with Gasteiger partial charge in [-0.3, -0.25) is 14.9 Å². The maximum atomic E-state index is 13.4. The SMILES string of the molecule is COC(=O)C(C)(C)c1ccc(-n2cc3c(C(F)(F)F)cc([N+](=O)[O-])cc3n2)cc1C. The molecule has 30 heavy (non-hydrogen) atoms. The van der Waals surface area contributed by atoms with Gasteiger partial charge in [-0.15, -0.1) is 0 Å². The van der Waals surface area contributed by atoms with Crippen LogP contribution in [0.15, 0.2) is 36.5 Å². The molecule has 0 unspecified atom stereocenters. The van der Waals surface area contributed by atoms with Crippen LogP contribution in [-0.2, 0) is 21.1 Å². The molecule has 3 rings (SSSR count). The number of nitro benzene ring substituents is 1. The molecule has 0 radical (unpaired) electrons. The second kappa shape index (κ2) is 7.12. The van der Waals surface area contributed by atoms with E-state index in [1.54, 1.807) is 39.0 Å². The van der Waals surface area contributed by atoms with Gasteiger partial charge in [0, 0.05) is 23.7 Å². The zero-order valence-corrected chi connectivity index (χ0v) is 16.6. The summed E-state index contributed by atoms with van der Waals surface area (Å²) in [4.78, 5) is 22.2. The Morgan fingerprint density at radius 3 is 2.37 bits per heavy atom. The molecule has 0 bridgehead atoms. The Kier molecular flexibility index (Phi) is 5.05. The van der Waals surface area contributed by atoms with Gasteiger partial charge in [0.2, 0.25) is 0 Å². The Morgan fingerprint density at radius 2 is 1.83 bits per heavy atom. The minimum Gasteiger partial charge on any atom is -0.468 e. The fraction of sp³-hybridized carbons (Fsp3) is 0.300. The van der Waals surface area contributed by atoms with Crippen molar-refractivity contribution in [3.63, 3.8) is 0 Å². The number of carbonyl (C=O) groups is 1. The van der Waals surface area contributed by atoms with Gasteiger partial charge in [-0.2, -0.15) is 18.3 Å². The van der Waals surface area contributed by atoms with Crippen molar-refractivity contribution in [3.8, 4) is 5.69 Å². The van der Waals surface area contributed by atoms with Crippen LogP contribution in [0, 0.1) is 17.0 Å². The Hall–Kier alpha value is -3.43. The summed E-state index contributed by atoms with van der Waals surface area (Å²) >= 11 is 0. The minimum atomic E-state index is -4.78. The highest BCUT2D eigenvalue weighted by molar-refractivity contribution is 5.85. The zero-order valence-electron chi connectivity index (χ0n) is 16.6. The van der Waals surface area contributed by atoms with Crippen LogP contribution in [-0.4, -0.2) is 27.8 Å². The van der Waals surface area contributed by atoms with Crippen LogP contribution in [0.5, 0.6) is 0 Å². The fourth-order valence-electron chi connectivity index (χ4n) is 3.44. The van der Waals surface area contributed by atoms with E-state index in [-0.39, 0.29) is 10.9 Å². The van der Waals surface area contributed by atoms with Crippen molar-refractivity contribution in [3.05, 3.63) is 63.3 Å². The molecule has 0 atom stereocenters. The molecule has 0 aliphatic heterocycles. The number of methoxy groups -OCH3 is 1. The summed E-state index contributed by atoms with van der Waals surface area (Å²) in [5.41, 5.74) is -1.02. The first kappa shape index (κ1) is 21.3. The fourth-order valence-corrected chi connectivity index (χ4v) is 3.44. The van der Waals surface area contributed by atoms with Gasteiger partial charge in [0.05, 0.1) is 28.7 Å². The van der Waals surface area contributed by atoms with Gasteiger partial charge in [0.15, 0.2) is 0 Å². The summed E-state index contributed by atoms with van der Waals surface area (Å²) in [5, 5.41) is 14.9. The molecule has 158 valence electrons. The third-order valence-electron chi connectivity index (χ3n) is 4.97. The summed E-state index contributed by atoms with van der Waals surface area (Å²) < 4.78 is 46.3. The quantitative estimate of drug-likeness (QED) is 0.346. The van der Waals surface area contributed by atoms with Crippen molar-refractivity contribution in [1.82, 2.24) is 9.78 Å². The topological polar surface area (TPSA) is 87.3 Å². The molecule has 2 aromatic carbocycles. The molecule has 0 saturated carbocycles. The number of aryl methyl sites for hydroxylation is 1. The molecule has 3 aromatic rings. The van der Waals surface area contributed by atoms with Crippen LogP contribution in [0.2, 0.25) is 0 Å². The number of fused-ring (bicyclic) bond motifs is 1. The summed E-state index contributed by atoms with van der Waals surface area (Å²) in [6, 6.07) is 6.47. The number of non-ortho nitro benzene ring substituents is 1. The molecule has 0 aliphatic rings. The summed E-state index contributed by atoms with van der Waals surface area (Å²) in [5.74, 6) is -0.426. The van der Waals surface area contributed by atoms with E-state index < -0.39 is 33.7 Å². The second-order valence-electron chi connectivity index (χ2n) is 7.37. The molecule has 0 aliphatic carbocycles. The van der Waals surface area contributed by atoms with E-state index in [1.165, 1.54) is 18.0 Å². The first-order chi connectivity index (χ1) is 13.9. The van der Waals surface area contributed by atoms with E-state index >= 15 is 0 Å². The first-order valence-electron chi connectivity index (χ1n) is 8.81. The van der Waals surface area contributed by atoms with Crippen molar-refractivity contribution in [2.75, 3.05) is 7.11 Å². The Bertz CT molecular complexity index is 1170. The number of rotatable bonds is 4. The van der Waals surface area contributed by atoms with Crippen molar-refractivity contribution >= 4 is 22.6 Å². The number of nitrogens with zero attached hydrogens (tertiary/aromatic N) is 3. The molecule has 1 heterocycles. The van der Waals surface area contributed by atoms with Gasteiger partial charge in [0.25, 0.3) is 5.69 Å². The molecule has 1 aromatic heterocycles. The molecular formula is C20H18F3N3O4. The standard InChI is InChI=1S/C20H18F3N3O4/c1-11-7-12(5-6-15(11)19(2,3)18(27)30-4)25-10-14-16(20(21,22)23)8-13(26(28)29)9-17(14)24-25/h5-10H,1-4H3. The number of esters is 1. The van der Waals surface area contributed by atoms with Crippen LogP contribution in [0.4, 0.5) is 18.9 Å². The van der Waals surface area contributed by atoms with Gasteiger partial charge in [-0.1, -0.05) is 6.07 Å². The van der Waals surface area contributed by atoms with Gasteiger partial charge in [-0.25, -0.2) is 4.68 Å². The van der Waals surface area contributed by atoms with Crippen LogP contribution in [0.25, 0.3) is 16.6 Å². The predicted molar refractivity (Wildman–Crippen MR) is 103 cm³/mol. The number of alkyl halides is 3. The average molecular weight is 421 g/mol. The lowest BCUT2D eigenvalue weighted by atomic mass is 9.82. The van der Waals surface area contributed by atoms with Gasteiger partial charge in [-0.05, 0) is 44.0 Å². The molecule has 0 N–H and O–H groups in total. The normalized spacial score (nSPS) is 12.2. The number of aromatic nitrogens is 2. The van der Waals surface area contributed by atoms with Crippen molar-refractivity contribution in [2.24, 2.45) is 0 Å². The summed E-state index contributed by atoms with van der Waals surface area (Å²) in [7, 11) is 1.29. The summed E-state index contributed by atoms with van der Waals surface area (Å²) in [6.07, 6.45) is -3.59. The molecule has 0 saturated heterocycles. The largest absolute Gasteiger partial charge is 0.468 e. The average Bonchev–Trinajstić information content (AvgIpc) is 3.09. The molecule has 10 heteroatoms. The maximum absolute atomic E-state index is 13.4. The van der Waals surface area contributed by atoms with Crippen LogP contribution in [0.1, 0.15) is 30.5 Å². The van der Waals surface area contributed by atoms with Crippen LogP contribution in [0.3, 0.4) is 0 Å². The number of hydrogen-bond donors (Lipinski definition) is 0. The predicted octanol–water partition coefficient (Wildman–Crippen LogP) is 4.71. The monoisotopic (exact) mass is 421 g/mol. The van der Waals surface area contributed by atoms with Crippen LogP contribution >= 0.6 is 0 Å². The number of carbonyl (C=O) groups excluding carboxylic acids is 1. The number of halogens is 3. The van der Waals surface area contributed by atoms with Gasteiger partial charge in [0.1, 0.15) is 5.52 Å². The van der Waals surface area contributed by atoms with Crippen molar-refractivity contribution in [1.29, 1.82) is 0 Å². The highest BCUT2D eigenvalue weighted by Gasteiger charge is 2.36. The van der Waals surface area contributed by atoms with Crippen LogP contribution < -0.4 is 0 Å². The third kappa shape index (κ3) is 3.60. The number of nitro groups is 1. The van der Waals surface area contributed by atoms with E-state index in [4.69, 9.17) is 4.74 Å². The van der Waals surface area contributed by atoms with Crippen molar-refractivity contribution < 1.29 is 27.6 Å². The first-order valence-corrected chi connectivity index (χ1v) is 8.81. The highest BCUT2D eigenvalue weighted by Crippen LogP contribution is 2.38. The Morgan fingerprint density at radius 1 is 1.17 bits per heavy atom. The maximum Gasteiger partial charge on any atom is 0.417 e. The molecular weight excluding hydrogens is 403 g/mol. The molecule has 0 fully saturated rings. The lowest BCUT2D eigenvalue weighted by Gasteiger charge is -2.24. The smallest absolute Gasteiger partial charge is 0.417 e. The van der Waals surface area contributed by atoms with E-state index in [0.717, 1.165) is 6.07 Å². The highest BCUT2D eigenvalue weighted by atomic mass is 19.4. The third-order valence-corrected chi connectivity index (χ3v) is 4.97. The summed E-state index contributed by atoms with van der Waals surface area (Å²) in [6.45, 7) is 5.17. The number of benzene rings is 2. The number of hydrogen-bond acceptors (Lipinski definition) is 5. The minimum absolute atomic E-state index is 0.145. The lowest BCUT2D eigenvalue weighted by Crippen LogP contribution is -2.31. The Labute approximate surface area is 169 Å². The van der Waals surface area contributed by atoms with E-state index in [2.05, 4.69) is 5.10 Å². The molecule has 0 amide bonds.